The van der Waals surface area contributed by atoms with Crippen molar-refractivity contribution < 1.29 is 13.2 Å². The van der Waals surface area contributed by atoms with Crippen molar-refractivity contribution in [1.82, 2.24) is 5.32 Å². The summed E-state index contributed by atoms with van der Waals surface area (Å²) in [5.74, 6) is 0.669. The molecule has 0 atom stereocenters. The van der Waals surface area contributed by atoms with Gasteiger partial charge in [0, 0.05) is 6.04 Å². The fourth-order valence-electron chi connectivity index (χ4n) is 3.73. The lowest BCUT2D eigenvalue weighted by Gasteiger charge is -2.31. The molecule has 20 heavy (non-hydrogen) atoms. The van der Waals surface area contributed by atoms with Crippen LogP contribution in [0, 0.1) is 17.8 Å². The molecule has 2 saturated carbocycles. The fraction of sp³-hybridized carbons (Fsp3) is 1.00. The molecule has 0 aromatic heterocycles. The minimum Gasteiger partial charge on any atom is -0.314 e. The summed E-state index contributed by atoms with van der Waals surface area (Å²) >= 11 is 0. The molecule has 2 aliphatic carbocycles. The predicted molar refractivity (Wildman–Crippen MR) is 75.5 cm³/mol. The van der Waals surface area contributed by atoms with Crippen LogP contribution in [0.2, 0.25) is 0 Å². The number of alkyl halides is 3. The quantitative estimate of drug-likeness (QED) is 0.775. The van der Waals surface area contributed by atoms with Gasteiger partial charge in [0.15, 0.2) is 0 Å². The second-order valence-corrected chi connectivity index (χ2v) is 6.96. The standard InChI is InChI=1S/C16H28F3N/c1-12-2-4-13(5-3-12)10-11-20-15-8-6-14(7-9-15)16(17,18)19/h12-15,20H,2-11H2,1H3. The van der Waals surface area contributed by atoms with Gasteiger partial charge in [0.1, 0.15) is 0 Å². The molecule has 0 saturated heterocycles. The molecule has 0 heterocycles. The second-order valence-electron chi connectivity index (χ2n) is 6.96. The van der Waals surface area contributed by atoms with Gasteiger partial charge in [-0.25, -0.2) is 0 Å². The molecule has 2 rings (SSSR count). The van der Waals surface area contributed by atoms with Crippen LogP contribution in [0.15, 0.2) is 0 Å². The molecule has 118 valence electrons. The summed E-state index contributed by atoms with van der Waals surface area (Å²) in [6, 6.07) is 0.316. The topological polar surface area (TPSA) is 12.0 Å². The van der Waals surface area contributed by atoms with Crippen molar-refractivity contribution in [3.63, 3.8) is 0 Å². The number of hydrogen-bond acceptors (Lipinski definition) is 1. The van der Waals surface area contributed by atoms with E-state index in [-0.39, 0.29) is 0 Å². The van der Waals surface area contributed by atoms with E-state index >= 15 is 0 Å². The summed E-state index contributed by atoms with van der Waals surface area (Å²) in [6.07, 6.45) is 4.58. The Bertz CT molecular complexity index is 274. The third-order valence-electron chi connectivity index (χ3n) is 5.31. The lowest BCUT2D eigenvalue weighted by atomic mass is 9.81. The summed E-state index contributed by atoms with van der Waals surface area (Å²) in [6.45, 7) is 3.31. The average molecular weight is 291 g/mol. The van der Waals surface area contributed by atoms with E-state index in [1.807, 2.05) is 0 Å². The molecule has 2 fully saturated rings. The smallest absolute Gasteiger partial charge is 0.314 e. The van der Waals surface area contributed by atoms with Crippen LogP contribution in [-0.2, 0) is 0 Å². The van der Waals surface area contributed by atoms with E-state index in [9.17, 15) is 13.2 Å². The molecule has 4 heteroatoms. The van der Waals surface area contributed by atoms with Crippen molar-refractivity contribution in [2.45, 2.75) is 76.9 Å². The van der Waals surface area contributed by atoms with Crippen LogP contribution in [0.5, 0.6) is 0 Å². The van der Waals surface area contributed by atoms with Crippen LogP contribution in [0.3, 0.4) is 0 Å². The molecule has 0 unspecified atom stereocenters. The summed E-state index contributed by atoms with van der Waals surface area (Å²) in [5, 5.41) is 3.48. The second kappa shape index (κ2) is 7.15. The molecule has 0 spiro atoms. The number of nitrogens with one attached hydrogen (secondary N) is 1. The van der Waals surface area contributed by atoms with Crippen molar-refractivity contribution in [2.75, 3.05) is 6.54 Å². The summed E-state index contributed by atoms with van der Waals surface area (Å²) in [7, 11) is 0. The Morgan fingerprint density at radius 1 is 0.900 bits per heavy atom. The first kappa shape index (κ1) is 16.1. The van der Waals surface area contributed by atoms with Crippen LogP contribution < -0.4 is 5.32 Å². The van der Waals surface area contributed by atoms with Gasteiger partial charge in [-0.3, -0.25) is 0 Å². The van der Waals surface area contributed by atoms with E-state index in [0.29, 0.717) is 31.7 Å². The van der Waals surface area contributed by atoms with Gasteiger partial charge >= 0.3 is 6.18 Å². The Kier molecular flexibility index (Phi) is 5.76. The highest BCUT2D eigenvalue weighted by Gasteiger charge is 2.41. The molecule has 1 N–H and O–H groups in total. The maximum absolute atomic E-state index is 12.6. The van der Waals surface area contributed by atoms with Crippen molar-refractivity contribution in [3.8, 4) is 0 Å². The third-order valence-corrected chi connectivity index (χ3v) is 5.31. The van der Waals surface area contributed by atoms with E-state index in [1.54, 1.807) is 0 Å². The van der Waals surface area contributed by atoms with Gasteiger partial charge in [0.25, 0.3) is 0 Å². The predicted octanol–water partition coefficient (Wildman–Crippen LogP) is 4.91. The maximum atomic E-state index is 12.6. The van der Waals surface area contributed by atoms with E-state index in [1.165, 1.54) is 32.1 Å². The van der Waals surface area contributed by atoms with Crippen LogP contribution in [0.1, 0.15) is 64.7 Å². The van der Waals surface area contributed by atoms with Gasteiger partial charge in [0.2, 0.25) is 0 Å². The highest BCUT2D eigenvalue weighted by molar-refractivity contribution is 4.81. The lowest BCUT2D eigenvalue weighted by Crippen LogP contribution is -2.37. The highest BCUT2D eigenvalue weighted by atomic mass is 19.4. The van der Waals surface area contributed by atoms with E-state index in [0.717, 1.165) is 18.4 Å². The molecule has 0 aliphatic heterocycles. The summed E-state index contributed by atoms with van der Waals surface area (Å²) in [4.78, 5) is 0. The van der Waals surface area contributed by atoms with Crippen LogP contribution in [0.25, 0.3) is 0 Å². The first-order chi connectivity index (χ1) is 9.45. The summed E-state index contributed by atoms with van der Waals surface area (Å²) in [5.41, 5.74) is 0. The van der Waals surface area contributed by atoms with E-state index in [2.05, 4.69) is 12.2 Å². The lowest BCUT2D eigenvalue weighted by molar-refractivity contribution is -0.182. The van der Waals surface area contributed by atoms with Crippen molar-refractivity contribution in [2.24, 2.45) is 17.8 Å². The van der Waals surface area contributed by atoms with Crippen molar-refractivity contribution in [3.05, 3.63) is 0 Å². The van der Waals surface area contributed by atoms with Gasteiger partial charge in [-0.2, -0.15) is 13.2 Å². The monoisotopic (exact) mass is 291 g/mol. The fourth-order valence-corrected chi connectivity index (χ4v) is 3.73. The normalized spacial score (nSPS) is 36.0. The molecule has 0 aromatic carbocycles. The maximum Gasteiger partial charge on any atom is 0.391 e. The van der Waals surface area contributed by atoms with Crippen LogP contribution in [0.4, 0.5) is 13.2 Å². The molecular formula is C16H28F3N. The zero-order valence-electron chi connectivity index (χ0n) is 12.5. The van der Waals surface area contributed by atoms with Crippen molar-refractivity contribution in [1.29, 1.82) is 0 Å². The Morgan fingerprint density at radius 3 is 2.05 bits per heavy atom. The largest absolute Gasteiger partial charge is 0.391 e. The molecular weight excluding hydrogens is 263 g/mol. The number of rotatable bonds is 4. The van der Waals surface area contributed by atoms with Crippen LogP contribution in [-0.4, -0.2) is 18.8 Å². The van der Waals surface area contributed by atoms with E-state index in [4.69, 9.17) is 0 Å². The molecule has 1 nitrogen and oxygen atoms in total. The molecule has 0 aromatic rings. The van der Waals surface area contributed by atoms with Gasteiger partial charge in [0.05, 0.1) is 5.92 Å². The van der Waals surface area contributed by atoms with Gasteiger partial charge in [-0.05, 0) is 50.5 Å². The first-order valence-corrected chi connectivity index (χ1v) is 8.25. The Balaban J connectivity index is 1.57. The SMILES string of the molecule is CC1CCC(CCNC2CCC(C(F)(F)F)CC2)CC1. The minimum atomic E-state index is -3.98. The molecule has 0 amide bonds. The van der Waals surface area contributed by atoms with Gasteiger partial charge in [-0.1, -0.05) is 32.6 Å². The Labute approximate surface area is 120 Å². The molecule has 0 bridgehead atoms. The number of halogens is 3. The zero-order chi connectivity index (χ0) is 14.6. The molecule has 2 aliphatic rings. The Morgan fingerprint density at radius 2 is 1.50 bits per heavy atom. The first-order valence-electron chi connectivity index (χ1n) is 8.25. The minimum absolute atomic E-state index is 0.308. The summed E-state index contributed by atoms with van der Waals surface area (Å²) < 4.78 is 37.7. The van der Waals surface area contributed by atoms with E-state index < -0.39 is 12.1 Å². The number of hydrogen-bond donors (Lipinski definition) is 1. The zero-order valence-corrected chi connectivity index (χ0v) is 12.5. The highest BCUT2D eigenvalue weighted by Crippen LogP contribution is 2.37. The van der Waals surface area contributed by atoms with Crippen LogP contribution >= 0.6 is 0 Å². The third kappa shape index (κ3) is 4.94. The average Bonchev–Trinajstić information content (AvgIpc) is 2.41. The molecule has 0 radical (unpaired) electrons. The Hall–Kier alpha value is -0.250. The van der Waals surface area contributed by atoms with Crippen molar-refractivity contribution >= 4 is 0 Å². The van der Waals surface area contributed by atoms with Gasteiger partial charge < -0.3 is 5.32 Å². The van der Waals surface area contributed by atoms with Gasteiger partial charge in [-0.15, -0.1) is 0 Å².